The largest absolute Gasteiger partial charge is 0.397 e. The Morgan fingerprint density at radius 2 is 1.85 bits per heavy atom. The maximum absolute atomic E-state index is 12.3. The Kier molecular flexibility index (Phi) is 4.21. The van der Waals surface area contributed by atoms with Crippen LogP contribution in [0.15, 0.2) is 30.3 Å². The fourth-order valence-corrected chi connectivity index (χ4v) is 2.35. The highest BCUT2D eigenvalue weighted by Gasteiger charge is 2.14. The van der Waals surface area contributed by atoms with E-state index in [1.54, 1.807) is 18.2 Å². The highest BCUT2D eigenvalue weighted by atomic mass is 35.5. The molecular weight excluding hydrogens is 295 g/mol. The first-order chi connectivity index (χ1) is 9.40. The fourth-order valence-electron chi connectivity index (χ4n) is 1.86. The van der Waals surface area contributed by atoms with Crippen LogP contribution < -0.4 is 11.1 Å². The van der Waals surface area contributed by atoms with Gasteiger partial charge in [0, 0.05) is 5.02 Å². The molecule has 20 heavy (non-hydrogen) atoms. The number of rotatable bonds is 2. The van der Waals surface area contributed by atoms with Crippen LogP contribution in [-0.2, 0) is 0 Å². The van der Waals surface area contributed by atoms with Crippen molar-refractivity contribution in [2.75, 3.05) is 11.1 Å². The van der Waals surface area contributed by atoms with Crippen LogP contribution in [0.1, 0.15) is 21.5 Å². The number of halogens is 2. The molecule has 0 atom stereocenters. The van der Waals surface area contributed by atoms with Crippen LogP contribution in [0.2, 0.25) is 10.0 Å². The molecule has 2 rings (SSSR count). The lowest BCUT2D eigenvalue weighted by molar-refractivity contribution is 0.102. The van der Waals surface area contributed by atoms with Crippen LogP contribution in [0.25, 0.3) is 0 Å². The van der Waals surface area contributed by atoms with Crippen LogP contribution in [0.3, 0.4) is 0 Å². The maximum atomic E-state index is 12.3. The van der Waals surface area contributed by atoms with E-state index in [9.17, 15) is 4.79 Å². The van der Waals surface area contributed by atoms with E-state index in [0.29, 0.717) is 27.0 Å². The van der Waals surface area contributed by atoms with Crippen molar-refractivity contribution < 1.29 is 4.79 Å². The number of nitrogen functional groups attached to an aromatic ring is 1. The molecule has 0 aromatic heterocycles. The van der Waals surface area contributed by atoms with Crippen molar-refractivity contribution in [3.05, 3.63) is 57.1 Å². The molecule has 3 N–H and O–H groups in total. The number of nitrogens with one attached hydrogen (secondary N) is 1. The van der Waals surface area contributed by atoms with Gasteiger partial charge >= 0.3 is 0 Å². The summed E-state index contributed by atoms with van der Waals surface area (Å²) in [6.07, 6.45) is 0. The van der Waals surface area contributed by atoms with Gasteiger partial charge in [0.05, 0.1) is 22.0 Å². The summed E-state index contributed by atoms with van der Waals surface area (Å²) in [6.45, 7) is 3.87. The fraction of sp³-hybridized carbons (Fsp3) is 0.133. The molecule has 0 heterocycles. The molecular formula is C15H14Cl2N2O. The van der Waals surface area contributed by atoms with Crippen molar-refractivity contribution in [2.24, 2.45) is 0 Å². The van der Waals surface area contributed by atoms with Gasteiger partial charge in [0.15, 0.2) is 0 Å². The Balaban J connectivity index is 2.35. The van der Waals surface area contributed by atoms with Gasteiger partial charge in [0.2, 0.25) is 0 Å². The molecule has 0 radical (unpaired) electrons. The average molecular weight is 309 g/mol. The van der Waals surface area contributed by atoms with Gasteiger partial charge < -0.3 is 11.1 Å². The predicted octanol–water partition coefficient (Wildman–Crippen LogP) is 4.44. The highest BCUT2D eigenvalue weighted by Crippen LogP contribution is 2.28. The van der Waals surface area contributed by atoms with Gasteiger partial charge in [-0.2, -0.15) is 0 Å². The summed E-state index contributed by atoms with van der Waals surface area (Å²) in [5, 5.41) is 3.59. The lowest BCUT2D eigenvalue weighted by atomic mass is 10.1. The number of anilines is 2. The Bertz CT molecular complexity index is 684. The zero-order valence-electron chi connectivity index (χ0n) is 11.1. The molecule has 0 spiro atoms. The standard InChI is InChI=1S/C15H14Cl2N2O/c1-8-3-6-13(18)14(9(8)2)19-15(20)11-5-4-10(16)7-12(11)17/h3-7H,18H2,1-2H3,(H,19,20). The Morgan fingerprint density at radius 3 is 2.50 bits per heavy atom. The van der Waals surface area contributed by atoms with Crippen LogP contribution in [0.5, 0.6) is 0 Å². The molecule has 0 unspecified atom stereocenters. The number of hydrogen-bond donors (Lipinski definition) is 2. The summed E-state index contributed by atoms with van der Waals surface area (Å²) in [5.41, 5.74) is 9.39. The Hall–Kier alpha value is -1.71. The number of carbonyl (C=O) groups excluding carboxylic acids is 1. The lowest BCUT2D eigenvalue weighted by Crippen LogP contribution is -2.15. The topological polar surface area (TPSA) is 55.1 Å². The Morgan fingerprint density at radius 1 is 1.15 bits per heavy atom. The van der Waals surface area contributed by atoms with Gasteiger partial charge in [-0.15, -0.1) is 0 Å². The number of amides is 1. The lowest BCUT2D eigenvalue weighted by Gasteiger charge is -2.14. The first kappa shape index (κ1) is 14.7. The molecule has 0 saturated heterocycles. The molecule has 0 aliphatic heterocycles. The zero-order valence-corrected chi connectivity index (χ0v) is 12.6. The van der Waals surface area contributed by atoms with Crippen molar-refractivity contribution >= 4 is 40.5 Å². The first-order valence-corrected chi connectivity index (χ1v) is 6.78. The van der Waals surface area contributed by atoms with Crippen molar-refractivity contribution in [1.29, 1.82) is 0 Å². The minimum atomic E-state index is -0.313. The maximum Gasteiger partial charge on any atom is 0.257 e. The molecule has 0 saturated carbocycles. The van der Waals surface area contributed by atoms with E-state index in [1.165, 1.54) is 6.07 Å². The molecule has 2 aromatic rings. The second-order valence-electron chi connectivity index (χ2n) is 4.55. The van der Waals surface area contributed by atoms with E-state index in [2.05, 4.69) is 5.32 Å². The number of hydrogen-bond acceptors (Lipinski definition) is 2. The minimum Gasteiger partial charge on any atom is -0.397 e. The number of nitrogens with two attached hydrogens (primary N) is 1. The van der Waals surface area contributed by atoms with Gasteiger partial charge in [-0.25, -0.2) is 0 Å². The monoisotopic (exact) mass is 308 g/mol. The average Bonchev–Trinajstić information content (AvgIpc) is 2.39. The van der Waals surface area contributed by atoms with E-state index >= 15 is 0 Å². The molecule has 104 valence electrons. The van der Waals surface area contributed by atoms with Crippen LogP contribution in [0, 0.1) is 13.8 Å². The van der Waals surface area contributed by atoms with Gasteiger partial charge in [0.25, 0.3) is 5.91 Å². The molecule has 0 bridgehead atoms. The minimum absolute atomic E-state index is 0.305. The third-order valence-corrected chi connectivity index (χ3v) is 3.73. The van der Waals surface area contributed by atoms with E-state index in [-0.39, 0.29) is 5.91 Å². The van der Waals surface area contributed by atoms with Crippen molar-refractivity contribution in [1.82, 2.24) is 0 Å². The molecule has 1 amide bonds. The molecule has 2 aromatic carbocycles. The van der Waals surface area contributed by atoms with Crippen LogP contribution in [-0.4, -0.2) is 5.91 Å². The molecule has 0 aliphatic carbocycles. The zero-order chi connectivity index (χ0) is 14.9. The normalized spacial score (nSPS) is 10.4. The van der Waals surface area contributed by atoms with Crippen molar-refractivity contribution in [3.63, 3.8) is 0 Å². The number of aryl methyl sites for hydroxylation is 1. The van der Waals surface area contributed by atoms with Crippen molar-refractivity contribution in [3.8, 4) is 0 Å². The molecule has 3 nitrogen and oxygen atoms in total. The third-order valence-electron chi connectivity index (χ3n) is 3.18. The summed E-state index contributed by atoms with van der Waals surface area (Å²) in [6, 6.07) is 8.41. The summed E-state index contributed by atoms with van der Waals surface area (Å²) in [7, 11) is 0. The smallest absolute Gasteiger partial charge is 0.257 e. The predicted molar refractivity (Wildman–Crippen MR) is 84.7 cm³/mol. The van der Waals surface area contributed by atoms with E-state index < -0.39 is 0 Å². The number of carbonyl (C=O) groups is 1. The van der Waals surface area contributed by atoms with Crippen LogP contribution in [0.4, 0.5) is 11.4 Å². The third kappa shape index (κ3) is 2.89. The van der Waals surface area contributed by atoms with Gasteiger partial charge in [-0.3, -0.25) is 4.79 Å². The molecule has 5 heteroatoms. The molecule has 0 fully saturated rings. The van der Waals surface area contributed by atoms with Gasteiger partial charge in [-0.05, 0) is 49.2 Å². The van der Waals surface area contributed by atoms with Gasteiger partial charge in [0.1, 0.15) is 0 Å². The summed E-state index contributed by atoms with van der Waals surface area (Å²) < 4.78 is 0. The Labute approximate surface area is 127 Å². The second kappa shape index (κ2) is 5.73. The summed E-state index contributed by atoms with van der Waals surface area (Å²) in [5.74, 6) is -0.313. The SMILES string of the molecule is Cc1ccc(N)c(NC(=O)c2ccc(Cl)cc2Cl)c1C. The van der Waals surface area contributed by atoms with E-state index in [0.717, 1.165) is 11.1 Å². The van der Waals surface area contributed by atoms with E-state index in [1.807, 2.05) is 19.9 Å². The first-order valence-electron chi connectivity index (χ1n) is 6.02. The number of benzene rings is 2. The summed E-state index contributed by atoms with van der Waals surface area (Å²) in [4.78, 5) is 12.3. The van der Waals surface area contributed by atoms with Crippen LogP contribution >= 0.6 is 23.2 Å². The second-order valence-corrected chi connectivity index (χ2v) is 5.39. The molecule has 0 aliphatic rings. The summed E-state index contributed by atoms with van der Waals surface area (Å²) >= 11 is 11.8. The van der Waals surface area contributed by atoms with Gasteiger partial charge in [-0.1, -0.05) is 29.3 Å². The van der Waals surface area contributed by atoms with E-state index in [4.69, 9.17) is 28.9 Å². The van der Waals surface area contributed by atoms with Crippen molar-refractivity contribution in [2.45, 2.75) is 13.8 Å². The highest BCUT2D eigenvalue weighted by molar-refractivity contribution is 6.37. The quantitative estimate of drug-likeness (QED) is 0.806.